The van der Waals surface area contributed by atoms with Crippen LogP contribution in [0.25, 0.3) is 0 Å². The minimum atomic E-state index is -0.607. The molecule has 0 spiro atoms. The number of hydrogen-bond acceptors (Lipinski definition) is 6. The fraction of sp³-hybridized carbons (Fsp3) is 0.385. The summed E-state index contributed by atoms with van der Waals surface area (Å²) in [5, 5.41) is 11.0. The van der Waals surface area contributed by atoms with Crippen LogP contribution in [0.15, 0.2) is 18.2 Å². The zero-order valence-corrected chi connectivity index (χ0v) is 12.0. The molecule has 0 fully saturated rings. The lowest BCUT2D eigenvalue weighted by atomic mass is 10.1. The molecule has 1 amide bonds. The van der Waals surface area contributed by atoms with Gasteiger partial charge in [0, 0.05) is 13.1 Å². The van der Waals surface area contributed by atoms with Crippen molar-refractivity contribution in [3.05, 3.63) is 39.4 Å². The molecule has 0 heterocycles. The Morgan fingerprint density at radius 2 is 2.05 bits per heavy atom. The zero-order chi connectivity index (χ0) is 16.0. The van der Waals surface area contributed by atoms with Crippen molar-refractivity contribution in [3.8, 4) is 0 Å². The molecule has 21 heavy (non-hydrogen) atoms. The van der Waals surface area contributed by atoms with Gasteiger partial charge in [0.2, 0.25) is 0 Å². The topological polar surface area (TPSA) is 99.0 Å². The van der Waals surface area contributed by atoms with Gasteiger partial charge in [0.1, 0.15) is 0 Å². The molecule has 0 aromatic heterocycles. The van der Waals surface area contributed by atoms with Crippen LogP contribution < -0.4 is 0 Å². The van der Waals surface area contributed by atoms with Crippen LogP contribution in [-0.4, -0.2) is 42.7 Å². The molecule has 0 aliphatic heterocycles. The van der Waals surface area contributed by atoms with Crippen LogP contribution in [0.3, 0.4) is 0 Å². The molecule has 8 nitrogen and oxygen atoms in total. The lowest BCUT2D eigenvalue weighted by Gasteiger charge is -2.16. The van der Waals surface area contributed by atoms with E-state index in [1.54, 1.807) is 6.92 Å². The molecule has 0 bridgehead atoms. The lowest BCUT2D eigenvalue weighted by molar-refractivity contribution is -0.385. The number of nitro benzene ring substituents is 1. The van der Waals surface area contributed by atoms with Gasteiger partial charge >= 0.3 is 12.1 Å². The van der Waals surface area contributed by atoms with Gasteiger partial charge in [-0.1, -0.05) is 0 Å². The minimum absolute atomic E-state index is 0.0556. The lowest BCUT2D eigenvalue weighted by Crippen LogP contribution is -2.27. The average Bonchev–Trinajstić information content (AvgIpc) is 2.46. The summed E-state index contributed by atoms with van der Waals surface area (Å²) < 4.78 is 9.37. The molecule has 0 N–H and O–H groups in total. The van der Waals surface area contributed by atoms with Crippen molar-refractivity contribution in [3.63, 3.8) is 0 Å². The molecular formula is C13H16N2O6. The highest BCUT2D eigenvalue weighted by atomic mass is 16.6. The number of esters is 1. The highest BCUT2D eigenvalue weighted by Crippen LogP contribution is 2.22. The van der Waals surface area contributed by atoms with E-state index in [0.29, 0.717) is 0 Å². The number of carbonyl (C=O) groups is 2. The van der Waals surface area contributed by atoms with Crippen molar-refractivity contribution >= 4 is 17.7 Å². The van der Waals surface area contributed by atoms with Gasteiger partial charge in [-0.2, -0.15) is 0 Å². The van der Waals surface area contributed by atoms with E-state index < -0.39 is 17.0 Å². The first-order valence-electron chi connectivity index (χ1n) is 6.14. The maximum Gasteiger partial charge on any atom is 0.409 e. The van der Waals surface area contributed by atoms with Crippen LogP contribution in [0.2, 0.25) is 0 Å². The van der Waals surface area contributed by atoms with E-state index in [9.17, 15) is 19.7 Å². The van der Waals surface area contributed by atoms with E-state index in [1.165, 1.54) is 37.3 Å². The van der Waals surface area contributed by atoms with Crippen molar-refractivity contribution in [2.45, 2.75) is 13.5 Å². The molecule has 0 saturated heterocycles. The van der Waals surface area contributed by atoms with Gasteiger partial charge in [-0.3, -0.25) is 10.1 Å². The normalized spacial score (nSPS) is 9.86. The summed E-state index contributed by atoms with van der Waals surface area (Å²) in [6.07, 6.45) is -0.602. The molecule has 0 aliphatic rings. The molecule has 1 aromatic rings. The van der Waals surface area contributed by atoms with E-state index in [2.05, 4.69) is 4.74 Å². The Morgan fingerprint density at radius 1 is 1.38 bits per heavy atom. The molecule has 1 aromatic carbocycles. The quantitative estimate of drug-likeness (QED) is 0.468. The Kier molecular flexibility index (Phi) is 5.65. The number of hydrogen-bond donors (Lipinski definition) is 0. The highest BCUT2D eigenvalue weighted by molar-refractivity contribution is 5.90. The number of nitrogens with zero attached hydrogens (tertiary/aromatic N) is 2. The number of benzene rings is 1. The second-order valence-electron chi connectivity index (χ2n) is 4.15. The Balaban J connectivity index is 3.09. The molecule has 0 aliphatic carbocycles. The van der Waals surface area contributed by atoms with Crippen LogP contribution >= 0.6 is 0 Å². The molecule has 1 rings (SSSR count). The predicted octanol–water partition coefficient (Wildman–Crippen LogP) is 1.97. The van der Waals surface area contributed by atoms with Crippen molar-refractivity contribution < 1.29 is 24.0 Å². The molecule has 8 heteroatoms. The van der Waals surface area contributed by atoms with Gasteiger partial charge in [-0.05, 0) is 19.1 Å². The first-order valence-corrected chi connectivity index (χ1v) is 6.14. The van der Waals surface area contributed by atoms with Gasteiger partial charge in [-0.15, -0.1) is 0 Å². The average molecular weight is 296 g/mol. The number of amides is 1. The maximum absolute atomic E-state index is 11.5. The molecule has 0 atom stereocenters. The Labute approximate surface area is 121 Å². The zero-order valence-electron chi connectivity index (χ0n) is 12.0. The largest absolute Gasteiger partial charge is 0.465 e. The molecule has 0 saturated carbocycles. The summed E-state index contributed by atoms with van der Waals surface area (Å²) in [4.78, 5) is 34.6. The summed E-state index contributed by atoms with van der Waals surface area (Å²) in [6.45, 7) is 1.81. The molecule has 114 valence electrons. The van der Waals surface area contributed by atoms with E-state index in [-0.39, 0.29) is 30.0 Å². The molecular weight excluding hydrogens is 280 g/mol. The van der Waals surface area contributed by atoms with Crippen molar-refractivity contribution in [2.24, 2.45) is 0 Å². The molecule has 0 radical (unpaired) electrons. The summed E-state index contributed by atoms with van der Waals surface area (Å²) >= 11 is 0. The second-order valence-corrected chi connectivity index (χ2v) is 4.15. The van der Waals surface area contributed by atoms with Gasteiger partial charge in [-0.25, -0.2) is 9.59 Å². The van der Waals surface area contributed by atoms with E-state index in [0.717, 1.165) is 0 Å². The van der Waals surface area contributed by atoms with E-state index in [1.807, 2.05) is 0 Å². The van der Waals surface area contributed by atoms with Gasteiger partial charge in [0.25, 0.3) is 5.69 Å². The van der Waals surface area contributed by atoms with E-state index >= 15 is 0 Å². The third-order valence-electron chi connectivity index (χ3n) is 2.68. The van der Waals surface area contributed by atoms with Crippen LogP contribution in [0.1, 0.15) is 22.8 Å². The summed E-state index contributed by atoms with van der Waals surface area (Å²) in [5.74, 6) is -0.607. The Morgan fingerprint density at radius 3 is 2.57 bits per heavy atom. The summed E-state index contributed by atoms with van der Waals surface area (Å²) in [6, 6.07) is 3.85. The standard InChI is InChI=1S/C13H16N2O6/c1-4-21-13(17)14(2)8-10-7-9(12(16)20-3)5-6-11(10)15(18)19/h5-7H,4,8H2,1-3H3. The smallest absolute Gasteiger partial charge is 0.409 e. The fourth-order valence-electron chi connectivity index (χ4n) is 1.69. The Hall–Kier alpha value is -2.64. The second kappa shape index (κ2) is 7.22. The number of ether oxygens (including phenoxy) is 2. The first kappa shape index (κ1) is 16.4. The van der Waals surface area contributed by atoms with Crippen LogP contribution in [0, 0.1) is 10.1 Å². The Bertz CT molecular complexity index is 558. The van der Waals surface area contributed by atoms with Gasteiger partial charge < -0.3 is 14.4 Å². The summed E-state index contributed by atoms with van der Waals surface area (Å²) in [5.41, 5.74) is 0.215. The number of rotatable bonds is 5. The first-order chi connectivity index (χ1) is 9.90. The van der Waals surface area contributed by atoms with Crippen molar-refractivity contribution in [1.82, 2.24) is 4.90 Å². The fourth-order valence-corrected chi connectivity index (χ4v) is 1.69. The third kappa shape index (κ3) is 4.16. The van der Waals surface area contributed by atoms with Crippen molar-refractivity contribution in [1.29, 1.82) is 0 Å². The van der Waals surface area contributed by atoms with Crippen LogP contribution in [0.4, 0.5) is 10.5 Å². The van der Waals surface area contributed by atoms with E-state index in [4.69, 9.17) is 4.74 Å². The van der Waals surface area contributed by atoms with Gasteiger partial charge in [0.15, 0.2) is 0 Å². The highest BCUT2D eigenvalue weighted by Gasteiger charge is 2.20. The maximum atomic E-state index is 11.5. The third-order valence-corrected chi connectivity index (χ3v) is 2.68. The van der Waals surface area contributed by atoms with Gasteiger partial charge in [0.05, 0.1) is 36.3 Å². The van der Waals surface area contributed by atoms with Crippen molar-refractivity contribution in [2.75, 3.05) is 20.8 Å². The summed E-state index contributed by atoms with van der Waals surface area (Å²) in [7, 11) is 2.67. The number of nitro groups is 1. The minimum Gasteiger partial charge on any atom is -0.465 e. The van der Waals surface area contributed by atoms with Crippen LogP contribution in [0.5, 0.6) is 0 Å². The van der Waals surface area contributed by atoms with Crippen LogP contribution in [-0.2, 0) is 16.0 Å². The molecule has 0 unspecified atom stereocenters. The predicted molar refractivity (Wildman–Crippen MR) is 72.9 cm³/mol. The SMILES string of the molecule is CCOC(=O)N(C)Cc1cc(C(=O)OC)ccc1[N+](=O)[O-]. The number of methoxy groups -OCH3 is 1. The number of carbonyl (C=O) groups excluding carboxylic acids is 2. The monoisotopic (exact) mass is 296 g/mol.